The fraction of sp³-hybridized carbons (Fsp3) is 0.714. The average molecular weight is 247 g/mol. The second kappa shape index (κ2) is 4.50. The molecule has 4 nitrogen and oxygen atoms in total. The number of fused-ring (bicyclic) bond motifs is 1. The highest BCUT2D eigenvalue weighted by Gasteiger charge is 2.34. The molecular weight excluding hydrogens is 226 g/mol. The molecule has 0 atom stereocenters. The van der Waals surface area contributed by atoms with Gasteiger partial charge in [0.05, 0.1) is 11.2 Å². The van der Waals surface area contributed by atoms with Crippen molar-refractivity contribution >= 4 is 0 Å². The molecule has 0 bridgehead atoms. The average Bonchev–Trinajstić information content (AvgIpc) is 2.66. The van der Waals surface area contributed by atoms with E-state index in [-0.39, 0.29) is 11.1 Å². The molecule has 0 spiro atoms. The first-order chi connectivity index (χ1) is 8.69. The maximum atomic E-state index is 12.2. The summed E-state index contributed by atoms with van der Waals surface area (Å²) in [6.45, 7) is 0. The molecule has 1 heterocycles. The van der Waals surface area contributed by atoms with Crippen LogP contribution in [0, 0.1) is 0 Å². The molecule has 0 unspecified atom stereocenters. The highest BCUT2D eigenvalue weighted by Crippen LogP contribution is 2.34. The molecule has 1 aromatic rings. The molecule has 1 saturated carbocycles. The molecule has 1 fully saturated rings. The Balaban J connectivity index is 2.05. The van der Waals surface area contributed by atoms with Crippen LogP contribution in [0.15, 0.2) is 4.79 Å². The van der Waals surface area contributed by atoms with Crippen LogP contribution in [-0.2, 0) is 18.4 Å². The van der Waals surface area contributed by atoms with Crippen molar-refractivity contribution in [3.63, 3.8) is 0 Å². The lowest BCUT2D eigenvalue weighted by atomic mass is 9.97. The monoisotopic (exact) mass is 247 g/mol. The Labute approximate surface area is 107 Å². The van der Waals surface area contributed by atoms with E-state index in [0.29, 0.717) is 0 Å². The molecule has 18 heavy (non-hydrogen) atoms. The number of nitrogens with two attached hydrogens (primary N) is 1. The smallest absolute Gasteiger partial charge is 0.254 e. The third-order valence-corrected chi connectivity index (χ3v) is 4.41. The van der Waals surface area contributed by atoms with Crippen molar-refractivity contribution < 1.29 is 0 Å². The van der Waals surface area contributed by atoms with Crippen LogP contribution in [0.4, 0.5) is 0 Å². The van der Waals surface area contributed by atoms with Crippen LogP contribution in [0.3, 0.4) is 0 Å². The SMILES string of the molecule is NC1(c2nc3c(c(=O)[nH]2)CCCCC3)CCCC1. The third-order valence-electron chi connectivity index (χ3n) is 4.41. The molecule has 0 aliphatic heterocycles. The summed E-state index contributed by atoms with van der Waals surface area (Å²) in [5, 5.41) is 0. The van der Waals surface area contributed by atoms with Crippen LogP contribution >= 0.6 is 0 Å². The van der Waals surface area contributed by atoms with E-state index in [9.17, 15) is 4.79 Å². The number of hydrogen-bond donors (Lipinski definition) is 2. The molecule has 1 aromatic heterocycles. The van der Waals surface area contributed by atoms with E-state index in [2.05, 4.69) is 4.98 Å². The molecular formula is C14H21N3O. The third kappa shape index (κ3) is 1.99. The lowest BCUT2D eigenvalue weighted by Crippen LogP contribution is -2.38. The van der Waals surface area contributed by atoms with Gasteiger partial charge in [0.15, 0.2) is 0 Å². The van der Waals surface area contributed by atoms with Crippen LogP contribution in [0.1, 0.15) is 62.0 Å². The Morgan fingerprint density at radius 3 is 2.56 bits per heavy atom. The Hall–Kier alpha value is -1.16. The highest BCUT2D eigenvalue weighted by atomic mass is 16.1. The van der Waals surface area contributed by atoms with Crippen molar-refractivity contribution in [2.75, 3.05) is 0 Å². The first-order valence-corrected chi connectivity index (χ1v) is 7.10. The van der Waals surface area contributed by atoms with Crippen molar-refractivity contribution in [2.24, 2.45) is 5.73 Å². The summed E-state index contributed by atoms with van der Waals surface area (Å²) >= 11 is 0. The number of H-pyrrole nitrogens is 1. The van der Waals surface area contributed by atoms with Gasteiger partial charge in [-0.1, -0.05) is 19.3 Å². The number of nitrogens with one attached hydrogen (secondary N) is 1. The minimum Gasteiger partial charge on any atom is -0.319 e. The van der Waals surface area contributed by atoms with Crippen LogP contribution in [0.5, 0.6) is 0 Å². The standard InChI is InChI=1S/C14H21N3O/c15-14(8-4-5-9-14)13-16-11-7-3-1-2-6-10(11)12(18)17-13/h1-9,15H2,(H,16,17,18). The van der Waals surface area contributed by atoms with Crippen molar-refractivity contribution in [1.82, 2.24) is 9.97 Å². The minimum absolute atomic E-state index is 0.0497. The first kappa shape index (κ1) is 11.9. The van der Waals surface area contributed by atoms with E-state index >= 15 is 0 Å². The number of aromatic nitrogens is 2. The first-order valence-electron chi connectivity index (χ1n) is 7.10. The molecule has 3 N–H and O–H groups in total. The minimum atomic E-state index is -0.388. The summed E-state index contributed by atoms with van der Waals surface area (Å²) in [4.78, 5) is 19.8. The largest absolute Gasteiger partial charge is 0.319 e. The molecule has 3 rings (SSSR count). The van der Waals surface area contributed by atoms with Gasteiger partial charge < -0.3 is 10.7 Å². The molecule has 2 aliphatic carbocycles. The summed E-state index contributed by atoms with van der Waals surface area (Å²) in [5.74, 6) is 0.727. The zero-order valence-electron chi connectivity index (χ0n) is 10.8. The molecule has 0 radical (unpaired) electrons. The molecule has 0 aromatic carbocycles. The maximum Gasteiger partial charge on any atom is 0.254 e. The van der Waals surface area contributed by atoms with Gasteiger partial charge in [0.25, 0.3) is 5.56 Å². The van der Waals surface area contributed by atoms with E-state index < -0.39 is 0 Å². The molecule has 4 heteroatoms. The van der Waals surface area contributed by atoms with E-state index in [0.717, 1.165) is 68.4 Å². The Morgan fingerprint density at radius 1 is 1.06 bits per heavy atom. The van der Waals surface area contributed by atoms with Gasteiger partial charge in [-0.05, 0) is 38.5 Å². The zero-order valence-corrected chi connectivity index (χ0v) is 10.8. The number of nitrogens with zero attached hydrogens (tertiary/aromatic N) is 1. The van der Waals surface area contributed by atoms with Gasteiger partial charge in [-0.2, -0.15) is 0 Å². The number of aromatic amines is 1. The van der Waals surface area contributed by atoms with Crippen LogP contribution < -0.4 is 11.3 Å². The van der Waals surface area contributed by atoms with Crippen LogP contribution in [-0.4, -0.2) is 9.97 Å². The second-order valence-corrected chi connectivity index (χ2v) is 5.76. The van der Waals surface area contributed by atoms with Gasteiger partial charge in [0.2, 0.25) is 0 Å². The second-order valence-electron chi connectivity index (χ2n) is 5.76. The van der Waals surface area contributed by atoms with Crippen LogP contribution in [0.2, 0.25) is 0 Å². The summed E-state index contributed by atoms with van der Waals surface area (Å²) < 4.78 is 0. The quantitative estimate of drug-likeness (QED) is 0.743. The topological polar surface area (TPSA) is 71.8 Å². The predicted molar refractivity (Wildman–Crippen MR) is 70.5 cm³/mol. The van der Waals surface area contributed by atoms with E-state index in [4.69, 9.17) is 10.7 Å². The van der Waals surface area contributed by atoms with Gasteiger partial charge in [0.1, 0.15) is 5.82 Å². The number of rotatable bonds is 1. The Bertz CT molecular complexity index is 500. The lowest BCUT2D eigenvalue weighted by molar-refractivity contribution is 0.427. The highest BCUT2D eigenvalue weighted by molar-refractivity contribution is 5.22. The van der Waals surface area contributed by atoms with Gasteiger partial charge in [-0.3, -0.25) is 4.79 Å². The van der Waals surface area contributed by atoms with E-state index in [1.54, 1.807) is 0 Å². The fourth-order valence-electron chi connectivity index (χ4n) is 3.26. The summed E-state index contributed by atoms with van der Waals surface area (Å²) in [6, 6.07) is 0. The predicted octanol–water partition coefficient (Wildman–Crippen LogP) is 1.77. The van der Waals surface area contributed by atoms with E-state index in [1.807, 2.05) is 0 Å². The fourth-order valence-corrected chi connectivity index (χ4v) is 3.26. The van der Waals surface area contributed by atoms with Gasteiger partial charge in [-0.15, -0.1) is 0 Å². The van der Waals surface area contributed by atoms with Crippen molar-refractivity contribution in [1.29, 1.82) is 0 Å². The molecule has 0 amide bonds. The molecule has 98 valence electrons. The van der Waals surface area contributed by atoms with Gasteiger partial charge in [-0.25, -0.2) is 4.98 Å². The zero-order chi connectivity index (χ0) is 12.6. The Kier molecular flexibility index (Phi) is 2.98. The summed E-state index contributed by atoms with van der Waals surface area (Å²) in [7, 11) is 0. The summed E-state index contributed by atoms with van der Waals surface area (Å²) in [5.41, 5.74) is 7.95. The van der Waals surface area contributed by atoms with Crippen molar-refractivity contribution in [2.45, 2.75) is 63.3 Å². The Morgan fingerprint density at radius 2 is 1.78 bits per heavy atom. The van der Waals surface area contributed by atoms with E-state index in [1.165, 1.54) is 6.42 Å². The number of hydrogen-bond acceptors (Lipinski definition) is 3. The molecule has 2 aliphatic rings. The van der Waals surface area contributed by atoms with Gasteiger partial charge >= 0.3 is 0 Å². The number of aryl methyl sites for hydroxylation is 1. The van der Waals surface area contributed by atoms with Crippen molar-refractivity contribution in [3.05, 3.63) is 27.4 Å². The lowest BCUT2D eigenvalue weighted by Gasteiger charge is -2.23. The van der Waals surface area contributed by atoms with Crippen molar-refractivity contribution in [3.8, 4) is 0 Å². The normalized spacial score (nSPS) is 22.5. The van der Waals surface area contributed by atoms with Gasteiger partial charge in [0, 0.05) is 5.56 Å². The maximum absolute atomic E-state index is 12.2. The van der Waals surface area contributed by atoms with Crippen LogP contribution in [0.25, 0.3) is 0 Å². The summed E-state index contributed by atoms with van der Waals surface area (Å²) in [6.07, 6.45) is 9.39. The molecule has 0 saturated heterocycles.